The van der Waals surface area contributed by atoms with E-state index in [0.717, 1.165) is 30.1 Å². The van der Waals surface area contributed by atoms with E-state index in [1.54, 1.807) is 13.8 Å². The normalized spacial score (nSPS) is 22.5. The molecule has 4 aliphatic rings. The summed E-state index contributed by atoms with van der Waals surface area (Å²) in [7, 11) is 2.11. The molecule has 3 aromatic heterocycles. The van der Waals surface area contributed by atoms with E-state index in [9.17, 15) is 37.1 Å². The van der Waals surface area contributed by atoms with Crippen LogP contribution < -0.4 is 10.9 Å². The number of carbonyl (C=O) groups excluding carboxylic acids is 2. The van der Waals surface area contributed by atoms with Crippen molar-refractivity contribution in [1.29, 1.82) is 0 Å². The molecule has 0 radical (unpaired) electrons. The van der Waals surface area contributed by atoms with Gasteiger partial charge in [-0.05, 0) is 69.8 Å². The number of rotatable bonds is 6. The second-order valence-electron chi connectivity index (χ2n) is 15.6. The Kier molecular flexibility index (Phi) is 8.33. The standard InChI is InChI=1S/C39H37F4N9O5/c1-20-32(54)30(45-19-44-20)35(56)50-12-10-38(11-13-50)29-31(21(2)57-38)51(17-28(53)46-27-9-8-24(14-26(27)40)39(41,42)43)36-47-33(48-52(36)34(29)55)22-4-6-23(7-5-22)37-15-25(37)16-49(3)18-37/h4-9,14,19,21,25,54H,10-13,15-18H2,1-3H3,(H,46,53)/t21?,25-,37+/m1/s1. The first kappa shape index (κ1) is 36.9. The summed E-state index contributed by atoms with van der Waals surface area (Å²) in [5.74, 6) is -2.07. The minimum absolute atomic E-state index is 0.00820. The van der Waals surface area contributed by atoms with Crippen molar-refractivity contribution in [3.8, 4) is 17.1 Å². The third-order valence-electron chi connectivity index (χ3n) is 12.0. The zero-order chi connectivity index (χ0) is 40.2. The van der Waals surface area contributed by atoms with Crippen LogP contribution in [-0.4, -0.2) is 89.1 Å². The number of aromatic nitrogens is 6. The highest BCUT2D eigenvalue weighted by atomic mass is 19.4. The van der Waals surface area contributed by atoms with Crippen molar-refractivity contribution in [3.05, 3.63) is 98.7 Å². The van der Waals surface area contributed by atoms with Gasteiger partial charge in [0.1, 0.15) is 24.3 Å². The van der Waals surface area contributed by atoms with E-state index < -0.39 is 58.9 Å². The third kappa shape index (κ3) is 5.95. The predicted molar refractivity (Wildman–Crippen MR) is 195 cm³/mol. The summed E-state index contributed by atoms with van der Waals surface area (Å²) in [5.41, 5.74) is -0.754. The second kappa shape index (κ2) is 12.9. The molecule has 2 amide bonds. The Morgan fingerprint density at radius 2 is 1.82 bits per heavy atom. The van der Waals surface area contributed by atoms with Crippen molar-refractivity contribution in [2.45, 2.75) is 63.0 Å². The van der Waals surface area contributed by atoms with Gasteiger partial charge in [-0.15, -0.1) is 5.10 Å². The zero-order valence-electron chi connectivity index (χ0n) is 31.1. The smallest absolute Gasteiger partial charge is 0.416 e. The topological polar surface area (TPSA) is 160 Å². The molecule has 2 saturated heterocycles. The lowest BCUT2D eigenvalue weighted by atomic mass is 9.85. The maximum atomic E-state index is 14.8. The van der Waals surface area contributed by atoms with Crippen molar-refractivity contribution in [2.75, 3.05) is 38.5 Å². The molecule has 18 heteroatoms. The summed E-state index contributed by atoms with van der Waals surface area (Å²) in [4.78, 5) is 58.1. The number of hydrogen-bond acceptors (Lipinski definition) is 10. The van der Waals surface area contributed by atoms with Gasteiger partial charge in [0.25, 0.3) is 11.5 Å². The van der Waals surface area contributed by atoms with Crippen LogP contribution >= 0.6 is 0 Å². The summed E-state index contributed by atoms with van der Waals surface area (Å²) < 4.78 is 63.6. The Morgan fingerprint density at radius 3 is 2.49 bits per heavy atom. The number of benzene rings is 2. The Hall–Kier alpha value is -5.75. The van der Waals surface area contributed by atoms with Crippen molar-refractivity contribution in [2.24, 2.45) is 5.92 Å². The van der Waals surface area contributed by atoms with Gasteiger partial charge in [0.15, 0.2) is 17.3 Å². The summed E-state index contributed by atoms with van der Waals surface area (Å²) in [6.45, 7) is 5.03. The third-order valence-corrected chi connectivity index (χ3v) is 12.0. The molecule has 6 heterocycles. The van der Waals surface area contributed by atoms with Crippen LogP contribution in [0.5, 0.6) is 5.75 Å². The average molecular weight is 788 g/mol. The first-order valence-corrected chi connectivity index (χ1v) is 18.6. The fourth-order valence-electron chi connectivity index (χ4n) is 9.13. The van der Waals surface area contributed by atoms with Crippen LogP contribution in [0, 0.1) is 18.7 Å². The van der Waals surface area contributed by atoms with Crippen molar-refractivity contribution in [3.63, 3.8) is 0 Å². The van der Waals surface area contributed by atoms with E-state index in [4.69, 9.17) is 9.72 Å². The molecule has 1 saturated carbocycles. The Bertz CT molecular complexity index is 2550. The summed E-state index contributed by atoms with van der Waals surface area (Å²) in [5, 5.41) is 17.5. The maximum Gasteiger partial charge on any atom is 0.416 e. The van der Waals surface area contributed by atoms with Gasteiger partial charge in [0, 0.05) is 37.2 Å². The van der Waals surface area contributed by atoms with E-state index in [1.807, 2.05) is 12.1 Å². The molecule has 14 nitrogen and oxygen atoms in total. The Labute approximate surface area is 322 Å². The van der Waals surface area contributed by atoms with Crippen LogP contribution in [-0.2, 0) is 33.3 Å². The molecule has 5 aromatic rings. The van der Waals surface area contributed by atoms with Gasteiger partial charge in [-0.1, -0.05) is 24.3 Å². The number of amides is 2. The number of carbonyl (C=O) groups is 2. The van der Waals surface area contributed by atoms with Gasteiger partial charge >= 0.3 is 6.18 Å². The first-order chi connectivity index (χ1) is 27.1. The van der Waals surface area contributed by atoms with Gasteiger partial charge in [0.2, 0.25) is 11.7 Å². The van der Waals surface area contributed by atoms with Crippen LogP contribution in [0.25, 0.3) is 17.2 Å². The van der Waals surface area contributed by atoms with Gasteiger partial charge in [0.05, 0.1) is 34.3 Å². The number of nitrogens with one attached hydrogen (secondary N) is 1. The van der Waals surface area contributed by atoms with Crippen LogP contribution in [0.2, 0.25) is 0 Å². The molecule has 3 aliphatic heterocycles. The van der Waals surface area contributed by atoms with Gasteiger partial charge < -0.3 is 29.5 Å². The van der Waals surface area contributed by atoms with E-state index in [1.165, 1.54) is 21.4 Å². The number of aryl methyl sites for hydroxylation is 1. The SMILES string of the molecule is Cc1ncnc(C(=O)N2CCC3(CC2)OC(C)c2c3c(=O)n3nc(-c4ccc([C@@]56C[C@@H]5CN(C)C6)cc4)nc3n2CC(=O)Nc2ccc(C(F)(F)F)cc2F)c1O. The minimum atomic E-state index is -4.78. The van der Waals surface area contributed by atoms with E-state index in [0.29, 0.717) is 29.3 Å². The number of likely N-dealkylation sites (N-methyl/N-ethyl adjacent to an activating group) is 1. The number of anilines is 1. The number of likely N-dealkylation sites (tertiary alicyclic amines) is 2. The molecule has 3 fully saturated rings. The molecule has 1 aliphatic carbocycles. The lowest BCUT2D eigenvalue weighted by Crippen LogP contribution is -2.47. The highest BCUT2D eigenvalue weighted by Crippen LogP contribution is 2.58. The molecule has 2 N–H and O–H groups in total. The highest BCUT2D eigenvalue weighted by molar-refractivity contribution is 5.95. The molecular formula is C39H37F4N9O5. The molecule has 2 aromatic carbocycles. The quantitative estimate of drug-likeness (QED) is 0.233. The number of piperidine rings is 2. The number of hydrogen-bond donors (Lipinski definition) is 2. The average Bonchev–Trinajstić information content (AvgIpc) is 3.42. The monoisotopic (exact) mass is 787 g/mol. The molecule has 0 bridgehead atoms. The fourth-order valence-corrected chi connectivity index (χ4v) is 9.13. The van der Waals surface area contributed by atoms with Crippen LogP contribution in [0.15, 0.2) is 53.6 Å². The number of fused-ring (bicyclic) bond motifs is 4. The fraction of sp³-hybridized carbons (Fsp3) is 0.410. The number of alkyl halides is 3. The molecule has 1 unspecified atom stereocenters. The number of ether oxygens (including phenoxy) is 1. The zero-order valence-corrected chi connectivity index (χ0v) is 31.1. The largest absolute Gasteiger partial charge is 0.504 e. The Balaban J connectivity index is 1.08. The number of aromatic hydroxyl groups is 1. The second-order valence-corrected chi connectivity index (χ2v) is 15.6. The van der Waals surface area contributed by atoms with Crippen LogP contribution in [0.4, 0.5) is 23.2 Å². The molecule has 1 spiro atoms. The Morgan fingerprint density at radius 1 is 1.09 bits per heavy atom. The van der Waals surface area contributed by atoms with Crippen LogP contribution in [0.3, 0.4) is 0 Å². The maximum absolute atomic E-state index is 14.8. The molecule has 57 heavy (non-hydrogen) atoms. The lowest BCUT2D eigenvalue weighted by molar-refractivity contribution is -0.137. The first-order valence-electron chi connectivity index (χ1n) is 18.6. The van der Waals surface area contributed by atoms with Gasteiger partial charge in [-0.2, -0.15) is 22.7 Å². The molecule has 3 atom stereocenters. The minimum Gasteiger partial charge on any atom is -0.504 e. The van der Waals surface area contributed by atoms with Gasteiger partial charge in [-0.3, -0.25) is 14.4 Å². The highest BCUT2D eigenvalue weighted by Gasteiger charge is 2.59. The van der Waals surface area contributed by atoms with E-state index in [-0.39, 0.29) is 65.6 Å². The molecule has 296 valence electrons. The van der Waals surface area contributed by atoms with Gasteiger partial charge in [-0.25, -0.2) is 14.4 Å². The van der Waals surface area contributed by atoms with Crippen LogP contribution in [0.1, 0.15) is 70.9 Å². The number of halogens is 4. The summed E-state index contributed by atoms with van der Waals surface area (Å²) in [6, 6.07) is 9.74. The van der Waals surface area contributed by atoms with E-state index >= 15 is 0 Å². The summed E-state index contributed by atoms with van der Waals surface area (Å²) >= 11 is 0. The lowest BCUT2D eigenvalue weighted by Gasteiger charge is -2.39. The van der Waals surface area contributed by atoms with E-state index in [2.05, 4.69) is 44.5 Å². The van der Waals surface area contributed by atoms with Crippen molar-refractivity contribution >= 4 is 23.3 Å². The molecular weight excluding hydrogens is 750 g/mol. The summed E-state index contributed by atoms with van der Waals surface area (Å²) in [6.07, 6.45) is -2.88. The van der Waals surface area contributed by atoms with Crippen molar-refractivity contribution < 1.29 is 37.0 Å². The molecule has 9 rings (SSSR count). The number of nitrogens with zero attached hydrogens (tertiary/aromatic N) is 8. The predicted octanol–water partition coefficient (Wildman–Crippen LogP) is 4.58. The van der Waals surface area contributed by atoms with Crippen molar-refractivity contribution in [1.82, 2.24) is 38.9 Å².